The van der Waals surface area contributed by atoms with Gasteiger partial charge in [-0.05, 0) is 26.0 Å². The van der Waals surface area contributed by atoms with Gasteiger partial charge in [0.25, 0.3) is 0 Å². The summed E-state index contributed by atoms with van der Waals surface area (Å²) in [6, 6.07) is 0.647. The fourth-order valence-corrected chi connectivity index (χ4v) is 3.77. The first-order chi connectivity index (χ1) is 6.25. The summed E-state index contributed by atoms with van der Waals surface area (Å²) in [5.74, 6) is 1.26. The molecule has 1 aromatic rings. The first kappa shape index (κ1) is 9.49. The first-order valence-electron chi connectivity index (χ1n) is 4.55. The highest BCUT2D eigenvalue weighted by Gasteiger charge is 2.21. The van der Waals surface area contributed by atoms with Gasteiger partial charge in [-0.3, -0.25) is 5.32 Å². The molecule has 0 amide bonds. The zero-order chi connectivity index (χ0) is 9.26. The Morgan fingerprint density at radius 1 is 1.62 bits per heavy atom. The van der Waals surface area contributed by atoms with E-state index in [1.165, 1.54) is 17.1 Å². The number of thioether (sulfide) groups is 1. The number of nitrogens with one attached hydrogen (secondary N) is 1. The summed E-state index contributed by atoms with van der Waals surface area (Å²) in [6.45, 7) is 4.31. The molecule has 4 heteroatoms. The molecule has 1 aromatic heterocycles. The Labute approximate surface area is 87.1 Å². The maximum atomic E-state index is 4.28. The summed E-state index contributed by atoms with van der Waals surface area (Å²) in [7, 11) is 0. The van der Waals surface area contributed by atoms with E-state index in [1.54, 1.807) is 11.3 Å². The van der Waals surface area contributed by atoms with Crippen LogP contribution in [0.5, 0.6) is 0 Å². The van der Waals surface area contributed by atoms with E-state index in [4.69, 9.17) is 0 Å². The van der Waals surface area contributed by atoms with E-state index in [2.05, 4.69) is 24.1 Å². The molecular formula is C9H14N2S2. The Kier molecular flexibility index (Phi) is 2.91. The van der Waals surface area contributed by atoms with Gasteiger partial charge in [0.15, 0.2) is 0 Å². The SMILES string of the molecule is Cc1ncc(C2NC(C)CCS2)s1. The maximum Gasteiger partial charge on any atom is 0.0900 e. The molecule has 2 nitrogen and oxygen atoms in total. The van der Waals surface area contributed by atoms with Crippen molar-refractivity contribution in [2.24, 2.45) is 0 Å². The van der Waals surface area contributed by atoms with Gasteiger partial charge < -0.3 is 0 Å². The number of rotatable bonds is 1. The first-order valence-corrected chi connectivity index (χ1v) is 6.42. The average molecular weight is 214 g/mol. The normalized spacial score (nSPS) is 29.1. The second-order valence-corrected chi connectivity index (χ2v) is 5.87. The Hall–Kier alpha value is -0.0600. The second-order valence-electron chi connectivity index (χ2n) is 3.39. The van der Waals surface area contributed by atoms with Crippen LogP contribution in [0.25, 0.3) is 0 Å². The molecule has 0 aliphatic carbocycles. The molecule has 0 radical (unpaired) electrons. The van der Waals surface area contributed by atoms with E-state index in [0.717, 1.165) is 5.01 Å². The molecule has 0 aromatic carbocycles. The summed E-state index contributed by atoms with van der Waals surface area (Å²) in [6.07, 6.45) is 3.28. The van der Waals surface area contributed by atoms with Crippen molar-refractivity contribution in [2.45, 2.75) is 31.7 Å². The highest BCUT2D eigenvalue weighted by molar-refractivity contribution is 7.99. The highest BCUT2D eigenvalue weighted by atomic mass is 32.2. The third-order valence-electron chi connectivity index (χ3n) is 2.17. The van der Waals surface area contributed by atoms with Crippen LogP contribution in [0, 0.1) is 6.92 Å². The van der Waals surface area contributed by atoms with Crippen LogP contribution in [0.1, 0.15) is 28.6 Å². The molecule has 0 saturated carbocycles. The Balaban J connectivity index is 2.08. The zero-order valence-corrected chi connectivity index (χ0v) is 9.54. The van der Waals surface area contributed by atoms with Crippen molar-refractivity contribution in [2.75, 3.05) is 5.75 Å². The number of hydrogen-bond donors (Lipinski definition) is 1. The topological polar surface area (TPSA) is 24.9 Å². The van der Waals surface area contributed by atoms with Crippen molar-refractivity contribution in [1.82, 2.24) is 10.3 Å². The largest absolute Gasteiger partial charge is 0.298 e. The van der Waals surface area contributed by atoms with Gasteiger partial charge in [0.05, 0.1) is 15.3 Å². The molecule has 13 heavy (non-hydrogen) atoms. The van der Waals surface area contributed by atoms with Crippen LogP contribution in [0.4, 0.5) is 0 Å². The van der Waals surface area contributed by atoms with Crippen molar-refractivity contribution >= 4 is 23.1 Å². The zero-order valence-electron chi connectivity index (χ0n) is 7.91. The molecule has 1 aliphatic heterocycles. The molecule has 0 bridgehead atoms. The lowest BCUT2D eigenvalue weighted by atomic mass is 10.2. The molecule has 2 heterocycles. The van der Waals surface area contributed by atoms with Crippen LogP contribution in [0.2, 0.25) is 0 Å². The molecule has 1 saturated heterocycles. The van der Waals surface area contributed by atoms with Gasteiger partial charge in [0, 0.05) is 12.2 Å². The van der Waals surface area contributed by atoms with Gasteiger partial charge in [-0.15, -0.1) is 23.1 Å². The Morgan fingerprint density at radius 2 is 2.46 bits per heavy atom. The second kappa shape index (κ2) is 3.98. The minimum absolute atomic E-state index is 0.481. The molecule has 1 fully saturated rings. The smallest absolute Gasteiger partial charge is 0.0900 e. The number of hydrogen-bond acceptors (Lipinski definition) is 4. The van der Waals surface area contributed by atoms with Gasteiger partial charge in [-0.2, -0.15) is 0 Å². The molecule has 1 aliphatic rings. The van der Waals surface area contributed by atoms with Crippen LogP contribution in [0.15, 0.2) is 6.20 Å². The van der Waals surface area contributed by atoms with E-state index in [-0.39, 0.29) is 0 Å². The maximum absolute atomic E-state index is 4.28. The minimum atomic E-state index is 0.481. The summed E-state index contributed by atoms with van der Waals surface area (Å²) in [5, 5.41) is 5.22. The van der Waals surface area contributed by atoms with Crippen LogP contribution in [-0.2, 0) is 0 Å². The molecule has 72 valence electrons. The van der Waals surface area contributed by atoms with Crippen molar-refractivity contribution in [3.63, 3.8) is 0 Å². The molecular weight excluding hydrogens is 200 g/mol. The molecule has 0 spiro atoms. The lowest BCUT2D eigenvalue weighted by Crippen LogP contribution is -2.33. The Morgan fingerprint density at radius 3 is 3.08 bits per heavy atom. The third kappa shape index (κ3) is 2.24. The van der Waals surface area contributed by atoms with Crippen molar-refractivity contribution in [3.8, 4) is 0 Å². The summed E-state index contributed by atoms with van der Waals surface area (Å²) >= 11 is 3.79. The van der Waals surface area contributed by atoms with Crippen molar-refractivity contribution in [3.05, 3.63) is 16.1 Å². The fraction of sp³-hybridized carbons (Fsp3) is 0.667. The average Bonchev–Trinajstić information content (AvgIpc) is 2.52. The fourth-order valence-electron chi connectivity index (χ4n) is 1.42. The number of thiazole rings is 1. The lowest BCUT2D eigenvalue weighted by molar-refractivity contribution is 0.515. The van der Waals surface area contributed by atoms with Crippen molar-refractivity contribution in [1.29, 1.82) is 0 Å². The van der Waals surface area contributed by atoms with E-state index in [0.29, 0.717) is 11.4 Å². The number of aryl methyl sites for hydroxylation is 1. The predicted molar refractivity (Wildman–Crippen MR) is 59.3 cm³/mol. The van der Waals surface area contributed by atoms with E-state index < -0.39 is 0 Å². The summed E-state index contributed by atoms with van der Waals surface area (Å²) < 4.78 is 0. The van der Waals surface area contributed by atoms with Crippen LogP contribution < -0.4 is 5.32 Å². The van der Waals surface area contributed by atoms with Gasteiger partial charge >= 0.3 is 0 Å². The van der Waals surface area contributed by atoms with Gasteiger partial charge in [-0.25, -0.2) is 4.98 Å². The van der Waals surface area contributed by atoms with Crippen LogP contribution in [0.3, 0.4) is 0 Å². The molecule has 2 atom stereocenters. The van der Waals surface area contributed by atoms with Crippen LogP contribution in [-0.4, -0.2) is 16.8 Å². The predicted octanol–water partition coefficient (Wildman–Crippen LogP) is 2.57. The standard InChI is InChI=1S/C9H14N2S2/c1-6-3-4-12-9(11-6)8-5-10-7(2)13-8/h5-6,9,11H,3-4H2,1-2H3. The third-order valence-corrected chi connectivity index (χ3v) is 4.49. The van der Waals surface area contributed by atoms with E-state index in [9.17, 15) is 0 Å². The van der Waals surface area contributed by atoms with Crippen molar-refractivity contribution < 1.29 is 0 Å². The minimum Gasteiger partial charge on any atom is -0.298 e. The lowest BCUT2D eigenvalue weighted by Gasteiger charge is -2.27. The monoisotopic (exact) mass is 214 g/mol. The Bertz CT molecular complexity index is 285. The van der Waals surface area contributed by atoms with Gasteiger partial charge in [-0.1, -0.05) is 0 Å². The van der Waals surface area contributed by atoms with Crippen LogP contribution >= 0.6 is 23.1 Å². The quantitative estimate of drug-likeness (QED) is 0.777. The molecule has 2 unspecified atom stereocenters. The summed E-state index contributed by atoms with van der Waals surface area (Å²) in [5.41, 5.74) is 0. The molecule has 1 N–H and O–H groups in total. The number of aromatic nitrogens is 1. The van der Waals surface area contributed by atoms with E-state index in [1.807, 2.05) is 18.0 Å². The molecule has 2 rings (SSSR count). The summed E-state index contributed by atoms with van der Waals surface area (Å²) in [4.78, 5) is 5.65. The van der Waals surface area contributed by atoms with Gasteiger partial charge in [0.2, 0.25) is 0 Å². The van der Waals surface area contributed by atoms with E-state index >= 15 is 0 Å². The highest BCUT2D eigenvalue weighted by Crippen LogP contribution is 2.34. The number of nitrogens with zero attached hydrogens (tertiary/aromatic N) is 1. The van der Waals surface area contributed by atoms with Gasteiger partial charge in [0.1, 0.15) is 0 Å².